The lowest BCUT2D eigenvalue weighted by molar-refractivity contribution is -0.127. The molecule has 0 saturated heterocycles. The van der Waals surface area contributed by atoms with E-state index in [9.17, 15) is 4.79 Å². The van der Waals surface area contributed by atoms with E-state index in [2.05, 4.69) is 36.5 Å². The molecule has 92 valence electrons. The maximum atomic E-state index is 11.7. The zero-order valence-electron chi connectivity index (χ0n) is 10.2. The summed E-state index contributed by atoms with van der Waals surface area (Å²) >= 11 is 0. The summed E-state index contributed by atoms with van der Waals surface area (Å²) in [5.74, 6) is 0.00658. The normalized spacial score (nSPS) is 16.6. The monoisotopic (exact) mass is 233 g/mol. The highest BCUT2D eigenvalue weighted by atomic mass is 16.3. The SMILES string of the molecule is Cc1ccc(CCNC(=O)C2(CO)CC2)cc1. The minimum absolute atomic E-state index is 0.00658. The number of amides is 1. The van der Waals surface area contributed by atoms with E-state index in [0.717, 1.165) is 19.3 Å². The van der Waals surface area contributed by atoms with Gasteiger partial charge in [0, 0.05) is 6.54 Å². The summed E-state index contributed by atoms with van der Waals surface area (Å²) < 4.78 is 0. The molecule has 0 heterocycles. The van der Waals surface area contributed by atoms with E-state index in [0.29, 0.717) is 6.54 Å². The van der Waals surface area contributed by atoms with Gasteiger partial charge < -0.3 is 10.4 Å². The molecule has 3 nitrogen and oxygen atoms in total. The van der Waals surface area contributed by atoms with E-state index in [1.54, 1.807) is 0 Å². The van der Waals surface area contributed by atoms with Crippen molar-refractivity contribution in [2.24, 2.45) is 5.41 Å². The lowest BCUT2D eigenvalue weighted by Crippen LogP contribution is -2.35. The Labute approximate surface area is 102 Å². The Morgan fingerprint density at radius 3 is 2.53 bits per heavy atom. The van der Waals surface area contributed by atoms with Crippen LogP contribution >= 0.6 is 0 Å². The molecule has 2 N–H and O–H groups in total. The van der Waals surface area contributed by atoms with E-state index in [1.165, 1.54) is 11.1 Å². The molecule has 1 amide bonds. The number of aliphatic hydroxyl groups is 1. The van der Waals surface area contributed by atoms with Gasteiger partial charge in [-0.2, -0.15) is 0 Å². The number of hydrogen-bond donors (Lipinski definition) is 2. The predicted octanol–water partition coefficient (Wildman–Crippen LogP) is 1.43. The van der Waals surface area contributed by atoms with Crippen molar-refractivity contribution in [3.63, 3.8) is 0 Å². The molecule has 3 heteroatoms. The Kier molecular flexibility index (Phi) is 3.48. The minimum Gasteiger partial charge on any atom is -0.395 e. The highest BCUT2D eigenvalue weighted by molar-refractivity contribution is 5.85. The molecule has 17 heavy (non-hydrogen) atoms. The van der Waals surface area contributed by atoms with Crippen LogP contribution in [0.4, 0.5) is 0 Å². The van der Waals surface area contributed by atoms with Crippen molar-refractivity contribution in [3.8, 4) is 0 Å². The van der Waals surface area contributed by atoms with Crippen molar-refractivity contribution < 1.29 is 9.90 Å². The molecule has 0 radical (unpaired) electrons. The lowest BCUT2D eigenvalue weighted by atomic mass is 10.1. The number of nitrogens with one attached hydrogen (secondary N) is 1. The van der Waals surface area contributed by atoms with Crippen molar-refractivity contribution in [2.45, 2.75) is 26.2 Å². The molecule has 1 saturated carbocycles. The van der Waals surface area contributed by atoms with Gasteiger partial charge >= 0.3 is 0 Å². The Balaban J connectivity index is 1.76. The number of carbonyl (C=O) groups is 1. The summed E-state index contributed by atoms with van der Waals surface area (Å²) in [7, 11) is 0. The first kappa shape index (κ1) is 12.1. The Bertz CT molecular complexity index is 393. The third-order valence-electron chi connectivity index (χ3n) is 3.46. The molecule has 0 bridgehead atoms. The molecule has 1 aromatic carbocycles. The second kappa shape index (κ2) is 4.88. The highest BCUT2D eigenvalue weighted by Crippen LogP contribution is 2.45. The fourth-order valence-corrected chi connectivity index (χ4v) is 1.87. The fraction of sp³-hybridized carbons (Fsp3) is 0.500. The summed E-state index contributed by atoms with van der Waals surface area (Å²) in [4.78, 5) is 11.7. The molecule has 0 aliphatic heterocycles. The van der Waals surface area contributed by atoms with Gasteiger partial charge in [0.2, 0.25) is 5.91 Å². The first-order valence-electron chi connectivity index (χ1n) is 6.11. The average Bonchev–Trinajstić information content (AvgIpc) is 3.12. The van der Waals surface area contributed by atoms with E-state index in [4.69, 9.17) is 5.11 Å². The van der Waals surface area contributed by atoms with Crippen LogP contribution in [-0.2, 0) is 11.2 Å². The van der Waals surface area contributed by atoms with Crippen LogP contribution in [0.5, 0.6) is 0 Å². The predicted molar refractivity (Wildman–Crippen MR) is 66.6 cm³/mol. The lowest BCUT2D eigenvalue weighted by Gasteiger charge is -2.12. The summed E-state index contributed by atoms with van der Waals surface area (Å²) in [6.07, 6.45) is 2.48. The summed E-state index contributed by atoms with van der Waals surface area (Å²) in [5.41, 5.74) is 2.02. The van der Waals surface area contributed by atoms with Crippen LogP contribution in [0, 0.1) is 12.3 Å². The number of hydrogen-bond acceptors (Lipinski definition) is 2. The summed E-state index contributed by atoms with van der Waals surface area (Å²) in [6, 6.07) is 8.32. The molecular formula is C14H19NO2. The smallest absolute Gasteiger partial charge is 0.228 e. The van der Waals surface area contributed by atoms with Gasteiger partial charge in [-0.15, -0.1) is 0 Å². The molecule has 0 aromatic heterocycles. The molecule has 2 rings (SSSR count). The topological polar surface area (TPSA) is 49.3 Å². The van der Waals surface area contributed by atoms with Crippen molar-refractivity contribution in [1.29, 1.82) is 0 Å². The summed E-state index contributed by atoms with van der Waals surface area (Å²) in [6.45, 7) is 2.68. The van der Waals surface area contributed by atoms with Crippen molar-refractivity contribution in [2.75, 3.05) is 13.2 Å². The Morgan fingerprint density at radius 2 is 2.00 bits per heavy atom. The van der Waals surface area contributed by atoms with Gasteiger partial charge in [0.1, 0.15) is 0 Å². The van der Waals surface area contributed by atoms with Crippen molar-refractivity contribution in [1.82, 2.24) is 5.32 Å². The third kappa shape index (κ3) is 2.86. The standard InChI is InChI=1S/C14H19NO2/c1-11-2-4-12(5-3-11)6-9-15-13(17)14(10-16)7-8-14/h2-5,16H,6-10H2,1H3,(H,15,17). The number of carbonyl (C=O) groups excluding carboxylic acids is 1. The van der Waals surface area contributed by atoms with Gasteiger partial charge in [0.15, 0.2) is 0 Å². The number of aliphatic hydroxyl groups excluding tert-OH is 1. The average molecular weight is 233 g/mol. The third-order valence-corrected chi connectivity index (χ3v) is 3.46. The molecule has 1 aliphatic rings. The van der Waals surface area contributed by atoms with E-state index in [1.807, 2.05) is 0 Å². The van der Waals surface area contributed by atoms with Crippen LogP contribution in [0.25, 0.3) is 0 Å². The molecular weight excluding hydrogens is 214 g/mol. The summed E-state index contributed by atoms with van der Waals surface area (Å²) in [5, 5.41) is 12.0. The number of aryl methyl sites for hydroxylation is 1. The molecule has 0 atom stereocenters. The first-order valence-corrected chi connectivity index (χ1v) is 6.11. The van der Waals surface area contributed by atoms with Gasteiger partial charge in [0.05, 0.1) is 12.0 Å². The quantitative estimate of drug-likeness (QED) is 0.808. The Morgan fingerprint density at radius 1 is 1.35 bits per heavy atom. The van der Waals surface area contributed by atoms with Gasteiger partial charge in [-0.25, -0.2) is 0 Å². The van der Waals surface area contributed by atoms with Crippen molar-refractivity contribution in [3.05, 3.63) is 35.4 Å². The molecule has 1 aromatic rings. The van der Waals surface area contributed by atoms with Crippen LogP contribution in [0.15, 0.2) is 24.3 Å². The van der Waals surface area contributed by atoms with Gasteiger partial charge in [-0.05, 0) is 31.7 Å². The maximum absolute atomic E-state index is 11.7. The van der Waals surface area contributed by atoms with Gasteiger partial charge in [-0.1, -0.05) is 29.8 Å². The van der Waals surface area contributed by atoms with E-state index >= 15 is 0 Å². The minimum atomic E-state index is -0.451. The second-order valence-electron chi connectivity index (χ2n) is 4.93. The van der Waals surface area contributed by atoms with Gasteiger partial charge in [-0.3, -0.25) is 4.79 Å². The van der Waals surface area contributed by atoms with Crippen LogP contribution in [0.3, 0.4) is 0 Å². The maximum Gasteiger partial charge on any atom is 0.228 e. The largest absolute Gasteiger partial charge is 0.395 e. The zero-order valence-corrected chi connectivity index (χ0v) is 10.2. The number of benzene rings is 1. The van der Waals surface area contributed by atoms with E-state index in [-0.39, 0.29) is 12.5 Å². The Hall–Kier alpha value is -1.35. The van der Waals surface area contributed by atoms with Crippen molar-refractivity contribution >= 4 is 5.91 Å². The molecule has 1 fully saturated rings. The second-order valence-corrected chi connectivity index (χ2v) is 4.93. The van der Waals surface area contributed by atoms with Crippen LogP contribution in [0.2, 0.25) is 0 Å². The van der Waals surface area contributed by atoms with Crippen LogP contribution < -0.4 is 5.32 Å². The van der Waals surface area contributed by atoms with Crippen LogP contribution in [-0.4, -0.2) is 24.2 Å². The first-order chi connectivity index (χ1) is 8.16. The fourth-order valence-electron chi connectivity index (χ4n) is 1.87. The van der Waals surface area contributed by atoms with Crippen LogP contribution in [0.1, 0.15) is 24.0 Å². The van der Waals surface area contributed by atoms with Gasteiger partial charge in [0.25, 0.3) is 0 Å². The molecule has 1 aliphatic carbocycles. The zero-order chi connectivity index (χ0) is 12.3. The molecule has 0 unspecified atom stereocenters. The van der Waals surface area contributed by atoms with E-state index < -0.39 is 5.41 Å². The highest BCUT2D eigenvalue weighted by Gasteiger charge is 2.49. The molecule has 0 spiro atoms. The number of rotatable bonds is 5.